The highest BCUT2D eigenvalue weighted by Gasteiger charge is 2.12. The van der Waals surface area contributed by atoms with Crippen LogP contribution in [0.5, 0.6) is 5.75 Å². The zero-order valence-corrected chi connectivity index (χ0v) is 11.1. The highest BCUT2D eigenvalue weighted by Crippen LogP contribution is 2.31. The van der Waals surface area contributed by atoms with Gasteiger partial charge >= 0.3 is 0 Å². The Kier molecular flexibility index (Phi) is 6.71. The number of ether oxygens (including phenoxy) is 1. The predicted molar refractivity (Wildman–Crippen MR) is 72.7 cm³/mol. The van der Waals surface area contributed by atoms with Gasteiger partial charge in [-0.25, -0.2) is 0 Å². The lowest BCUT2D eigenvalue weighted by Crippen LogP contribution is -2.26. The number of carbonyl (C=O) groups excluding carboxylic acids is 1. The predicted octanol–water partition coefficient (Wildman–Crippen LogP) is 3.18. The molecule has 0 N–H and O–H groups in total. The van der Waals surface area contributed by atoms with Crippen molar-refractivity contribution < 1.29 is 9.53 Å². The van der Waals surface area contributed by atoms with E-state index in [9.17, 15) is 4.79 Å². The third-order valence-electron chi connectivity index (χ3n) is 2.51. The van der Waals surface area contributed by atoms with Gasteiger partial charge in [-0.3, -0.25) is 4.79 Å². The van der Waals surface area contributed by atoms with Gasteiger partial charge in [-0.15, -0.1) is 13.2 Å². The van der Waals surface area contributed by atoms with E-state index in [-0.39, 0.29) is 0 Å². The molecule has 0 aliphatic carbocycles. The summed E-state index contributed by atoms with van der Waals surface area (Å²) in [5.74, 6) is 0.642. The number of nitrogens with zero attached hydrogens (tertiary/aromatic N) is 1. The van der Waals surface area contributed by atoms with Gasteiger partial charge in [0.1, 0.15) is 0 Å². The van der Waals surface area contributed by atoms with Crippen LogP contribution in [0.3, 0.4) is 0 Å². The first kappa shape index (κ1) is 15.2. The van der Waals surface area contributed by atoms with Crippen molar-refractivity contribution in [1.82, 2.24) is 0 Å². The fraction of sp³-hybridized carbons (Fsp3) is 0.357. The zero-order chi connectivity index (χ0) is 13.4. The Morgan fingerprint density at radius 3 is 2.41 bits per heavy atom. The minimum Gasteiger partial charge on any atom is -0.426 e. The van der Waals surface area contributed by atoms with Crippen molar-refractivity contribution in [1.29, 1.82) is 0 Å². The minimum absolute atomic E-state index is 0.362. The van der Waals surface area contributed by atoms with E-state index in [1.54, 1.807) is 0 Å². The highest BCUT2D eigenvalue weighted by atomic mass is 16.5. The van der Waals surface area contributed by atoms with E-state index in [4.69, 9.17) is 4.74 Å². The number of aryl methyl sites for hydroxylation is 1. The molecule has 3 nitrogen and oxygen atoms in total. The number of benzene rings is 1. The second-order valence-electron chi connectivity index (χ2n) is 3.84. The summed E-state index contributed by atoms with van der Waals surface area (Å²) in [7, 11) is 1.98. The maximum atomic E-state index is 10.4. The molecule has 1 rings (SSSR count). The van der Waals surface area contributed by atoms with Crippen LogP contribution in [0.1, 0.15) is 19.4 Å². The molecule has 0 bridgehead atoms. The van der Waals surface area contributed by atoms with Crippen LogP contribution in [0.4, 0.5) is 5.69 Å². The van der Waals surface area contributed by atoms with E-state index in [0.717, 1.165) is 11.3 Å². The van der Waals surface area contributed by atoms with E-state index in [2.05, 4.69) is 31.9 Å². The molecule has 94 valence electrons. The van der Waals surface area contributed by atoms with Crippen molar-refractivity contribution in [3.05, 3.63) is 36.9 Å². The third-order valence-corrected chi connectivity index (χ3v) is 2.51. The fourth-order valence-corrected chi connectivity index (χ4v) is 1.39. The Hall–Kier alpha value is -1.77. The highest BCUT2D eigenvalue weighted by molar-refractivity contribution is 5.65. The zero-order valence-electron chi connectivity index (χ0n) is 11.1. The normalized spacial score (nSPS) is 9.24. The average Bonchev–Trinajstić information content (AvgIpc) is 2.33. The van der Waals surface area contributed by atoms with E-state index in [0.29, 0.717) is 18.3 Å². The van der Waals surface area contributed by atoms with Crippen molar-refractivity contribution in [3.63, 3.8) is 0 Å². The van der Waals surface area contributed by atoms with Gasteiger partial charge in [0, 0.05) is 13.1 Å². The van der Waals surface area contributed by atoms with Crippen molar-refractivity contribution in [2.75, 3.05) is 11.9 Å². The molecule has 0 spiro atoms. The molecule has 0 saturated carbocycles. The van der Waals surface area contributed by atoms with Crippen molar-refractivity contribution in [2.45, 2.75) is 26.8 Å². The van der Waals surface area contributed by atoms with Gasteiger partial charge in [-0.1, -0.05) is 12.1 Å². The third kappa shape index (κ3) is 3.94. The number of carbonyl (C=O) groups is 1. The Morgan fingerprint density at radius 1 is 1.35 bits per heavy atom. The number of anilines is 1. The molecule has 0 fully saturated rings. The van der Waals surface area contributed by atoms with Gasteiger partial charge in [-0.05, 0) is 32.4 Å². The summed E-state index contributed by atoms with van der Waals surface area (Å²) in [6, 6.07) is 6.20. The van der Waals surface area contributed by atoms with E-state index >= 15 is 0 Å². The second kappa shape index (κ2) is 7.49. The topological polar surface area (TPSA) is 29.5 Å². The van der Waals surface area contributed by atoms with Crippen molar-refractivity contribution in [3.8, 4) is 5.75 Å². The molecule has 0 atom stereocenters. The second-order valence-corrected chi connectivity index (χ2v) is 3.84. The van der Waals surface area contributed by atoms with Crippen LogP contribution in [0.25, 0.3) is 0 Å². The van der Waals surface area contributed by atoms with Crippen LogP contribution in [0, 0.1) is 6.92 Å². The Morgan fingerprint density at radius 2 is 1.94 bits per heavy atom. The van der Waals surface area contributed by atoms with Crippen LogP contribution >= 0.6 is 0 Å². The van der Waals surface area contributed by atoms with Gasteiger partial charge in [0.05, 0.1) is 5.69 Å². The quantitative estimate of drug-likeness (QED) is 0.593. The van der Waals surface area contributed by atoms with Crippen molar-refractivity contribution in [2.24, 2.45) is 0 Å². The maximum Gasteiger partial charge on any atom is 0.298 e. The summed E-state index contributed by atoms with van der Waals surface area (Å²) >= 11 is 0. The van der Waals surface area contributed by atoms with Gasteiger partial charge < -0.3 is 9.64 Å². The van der Waals surface area contributed by atoms with Crippen LogP contribution < -0.4 is 9.64 Å². The number of hydrogen-bond acceptors (Lipinski definition) is 3. The first-order valence-corrected chi connectivity index (χ1v) is 5.50. The first-order valence-electron chi connectivity index (χ1n) is 5.50. The van der Waals surface area contributed by atoms with Crippen molar-refractivity contribution >= 4 is 12.2 Å². The van der Waals surface area contributed by atoms with Crippen LogP contribution in [0.2, 0.25) is 0 Å². The van der Waals surface area contributed by atoms with Crippen LogP contribution in [0.15, 0.2) is 31.4 Å². The SMILES string of the molecule is C=C.Cc1cccc(N(C)C(C)C)c1OC=O. The largest absolute Gasteiger partial charge is 0.426 e. The smallest absolute Gasteiger partial charge is 0.298 e. The fourth-order valence-electron chi connectivity index (χ4n) is 1.39. The molecule has 0 radical (unpaired) electrons. The lowest BCUT2D eigenvalue weighted by molar-refractivity contribution is -0.120. The molecular formula is C14H21NO2. The number of para-hydroxylation sites is 1. The molecule has 0 heterocycles. The molecule has 3 heteroatoms. The maximum absolute atomic E-state index is 10.4. The molecule has 1 aromatic rings. The molecule has 0 amide bonds. The summed E-state index contributed by atoms with van der Waals surface area (Å²) in [6.45, 7) is 12.6. The minimum atomic E-state index is 0.362. The van der Waals surface area contributed by atoms with Crippen LogP contribution in [-0.2, 0) is 4.79 Å². The summed E-state index contributed by atoms with van der Waals surface area (Å²) < 4.78 is 5.02. The monoisotopic (exact) mass is 235 g/mol. The Bertz CT molecular complexity index is 361. The molecule has 0 aliphatic heterocycles. The van der Waals surface area contributed by atoms with Crippen LogP contribution in [-0.4, -0.2) is 19.6 Å². The summed E-state index contributed by atoms with van der Waals surface area (Å²) in [6.07, 6.45) is 0. The Labute approximate surface area is 104 Å². The average molecular weight is 235 g/mol. The first-order chi connectivity index (χ1) is 8.07. The molecular weight excluding hydrogens is 214 g/mol. The molecule has 0 unspecified atom stereocenters. The summed E-state index contributed by atoms with van der Waals surface area (Å²) in [4.78, 5) is 12.5. The molecule has 0 aliphatic rings. The van der Waals surface area contributed by atoms with E-state index in [1.807, 2.05) is 32.2 Å². The summed E-state index contributed by atoms with van der Waals surface area (Å²) in [5.41, 5.74) is 1.91. The van der Waals surface area contributed by atoms with E-state index < -0.39 is 0 Å². The van der Waals surface area contributed by atoms with Gasteiger partial charge in [-0.2, -0.15) is 0 Å². The standard InChI is InChI=1S/C12H17NO2.C2H4/c1-9(2)13(4)11-7-5-6-10(3)12(11)15-8-14;1-2/h5-9H,1-4H3;1-2H2. The molecule has 0 saturated heterocycles. The summed E-state index contributed by atoms with van der Waals surface area (Å²) in [5, 5.41) is 0. The number of rotatable bonds is 4. The lowest BCUT2D eigenvalue weighted by atomic mass is 10.1. The molecule has 1 aromatic carbocycles. The Balaban J connectivity index is 0.00000121. The van der Waals surface area contributed by atoms with Gasteiger partial charge in [0.25, 0.3) is 6.47 Å². The molecule has 17 heavy (non-hydrogen) atoms. The lowest BCUT2D eigenvalue weighted by Gasteiger charge is -2.25. The molecule has 0 aromatic heterocycles. The van der Waals surface area contributed by atoms with E-state index in [1.165, 1.54) is 0 Å². The van der Waals surface area contributed by atoms with Gasteiger partial charge in [0.15, 0.2) is 5.75 Å². The van der Waals surface area contributed by atoms with Gasteiger partial charge in [0.2, 0.25) is 0 Å². The number of hydrogen-bond donors (Lipinski definition) is 0.